The van der Waals surface area contributed by atoms with Crippen LogP contribution >= 0.6 is 24.0 Å². The van der Waals surface area contributed by atoms with E-state index in [1.165, 1.54) is 17.0 Å². The fourth-order valence-electron chi connectivity index (χ4n) is 1.78. The molecule has 1 saturated heterocycles. The Morgan fingerprint density at radius 2 is 2.05 bits per heavy atom. The maximum Gasteiger partial charge on any atom is 0.266 e. The summed E-state index contributed by atoms with van der Waals surface area (Å²) < 4.78 is 13.2. The number of carboxylic acids is 1. The molecule has 110 valence electrons. The molecule has 0 bridgehead atoms. The molecule has 0 unspecified atom stereocenters. The van der Waals surface area contributed by atoms with E-state index in [2.05, 4.69) is 0 Å². The molecule has 2 rings (SSSR count). The van der Waals surface area contributed by atoms with Gasteiger partial charge in [0, 0.05) is 12.5 Å². The molecule has 1 aromatic rings. The minimum absolute atomic E-state index is 0.117. The lowest BCUT2D eigenvalue weighted by atomic mass is 10.2. The highest BCUT2D eigenvalue weighted by Crippen LogP contribution is 2.32. The van der Waals surface area contributed by atoms with Gasteiger partial charge in [-0.3, -0.25) is 9.69 Å². The molecule has 1 amide bonds. The van der Waals surface area contributed by atoms with Crippen molar-refractivity contribution in [3.63, 3.8) is 0 Å². The first-order valence-corrected chi connectivity index (χ1v) is 7.40. The van der Waals surface area contributed by atoms with E-state index in [9.17, 15) is 19.1 Å². The van der Waals surface area contributed by atoms with E-state index in [1.807, 2.05) is 0 Å². The van der Waals surface area contributed by atoms with Crippen molar-refractivity contribution in [3.8, 4) is 0 Å². The zero-order chi connectivity index (χ0) is 15.4. The standard InChI is InChI=1S/C14H12FNO3S2/c15-10-5-3-9(4-6-10)8-11-13(19)16(14(20)21-11)7-1-2-12(17)18/h3-6,8H,1-2,7H2,(H,17,18)/p-1/b11-8-. The third-order valence-electron chi connectivity index (χ3n) is 2.80. The molecule has 1 fully saturated rings. The average Bonchev–Trinajstić information content (AvgIpc) is 2.68. The number of nitrogens with zero attached hydrogens (tertiary/aromatic N) is 1. The SMILES string of the molecule is O=C([O-])CCCN1C(=O)/C(=C/c2ccc(F)cc2)SC1=S. The summed E-state index contributed by atoms with van der Waals surface area (Å²) in [5.74, 6) is -1.75. The maximum atomic E-state index is 12.8. The van der Waals surface area contributed by atoms with Gasteiger partial charge in [-0.15, -0.1) is 0 Å². The number of amides is 1. The summed E-state index contributed by atoms with van der Waals surface area (Å²) in [6.07, 6.45) is 1.81. The van der Waals surface area contributed by atoms with Crippen molar-refractivity contribution >= 4 is 46.3 Å². The average molecular weight is 324 g/mol. The van der Waals surface area contributed by atoms with Crippen LogP contribution in [0.3, 0.4) is 0 Å². The summed E-state index contributed by atoms with van der Waals surface area (Å²) in [7, 11) is 0. The first-order chi connectivity index (χ1) is 9.97. The summed E-state index contributed by atoms with van der Waals surface area (Å²) in [5.41, 5.74) is 0.701. The Morgan fingerprint density at radius 3 is 2.67 bits per heavy atom. The van der Waals surface area contributed by atoms with Crippen molar-refractivity contribution in [2.45, 2.75) is 12.8 Å². The van der Waals surface area contributed by atoms with Crippen molar-refractivity contribution in [1.82, 2.24) is 4.90 Å². The summed E-state index contributed by atoms with van der Waals surface area (Å²) in [6, 6.07) is 5.76. The van der Waals surface area contributed by atoms with Crippen LogP contribution in [-0.2, 0) is 9.59 Å². The Morgan fingerprint density at radius 1 is 1.38 bits per heavy atom. The molecule has 0 atom stereocenters. The van der Waals surface area contributed by atoms with E-state index in [1.54, 1.807) is 18.2 Å². The molecule has 1 heterocycles. The van der Waals surface area contributed by atoms with Crippen LogP contribution in [0.25, 0.3) is 6.08 Å². The highest BCUT2D eigenvalue weighted by Gasteiger charge is 2.31. The lowest BCUT2D eigenvalue weighted by molar-refractivity contribution is -0.305. The zero-order valence-corrected chi connectivity index (χ0v) is 12.5. The summed E-state index contributed by atoms with van der Waals surface area (Å²) in [4.78, 5) is 24.4. The number of carbonyl (C=O) groups excluding carboxylic acids is 2. The molecular formula is C14H11FNO3S2-. The normalized spacial score (nSPS) is 16.8. The predicted molar refractivity (Wildman–Crippen MR) is 80.5 cm³/mol. The largest absolute Gasteiger partial charge is 0.550 e. The topological polar surface area (TPSA) is 60.4 Å². The summed E-state index contributed by atoms with van der Waals surface area (Å²) in [6.45, 7) is 0.249. The fourth-order valence-corrected chi connectivity index (χ4v) is 3.09. The molecule has 1 aromatic carbocycles. The molecule has 1 aliphatic heterocycles. The molecule has 0 spiro atoms. The summed E-state index contributed by atoms with van der Waals surface area (Å²) in [5, 5.41) is 10.4. The molecule has 0 saturated carbocycles. The van der Waals surface area contributed by atoms with Crippen molar-refractivity contribution in [1.29, 1.82) is 0 Å². The molecular weight excluding hydrogens is 313 g/mol. The van der Waals surface area contributed by atoms with Gasteiger partial charge in [0.2, 0.25) is 0 Å². The van der Waals surface area contributed by atoms with Crippen LogP contribution in [0.4, 0.5) is 4.39 Å². The maximum absolute atomic E-state index is 12.8. The van der Waals surface area contributed by atoms with Gasteiger partial charge < -0.3 is 9.90 Å². The number of hydrogen-bond donors (Lipinski definition) is 0. The van der Waals surface area contributed by atoms with Gasteiger partial charge in [-0.05, 0) is 36.6 Å². The van der Waals surface area contributed by atoms with Crippen LogP contribution < -0.4 is 5.11 Å². The second-order valence-electron chi connectivity index (χ2n) is 4.36. The molecule has 0 aromatic heterocycles. The van der Waals surface area contributed by atoms with Gasteiger partial charge in [-0.1, -0.05) is 36.1 Å². The zero-order valence-electron chi connectivity index (χ0n) is 10.9. The summed E-state index contributed by atoms with van der Waals surface area (Å²) >= 11 is 6.27. The number of carbonyl (C=O) groups is 2. The number of thiocarbonyl (C=S) groups is 1. The number of hydrogen-bond acceptors (Lipinski definition) is 5. The van der Waals surface area contributed by atoms with Crippen LogP contribution in [0.2, 0.25) is 0 Å². The third kappa shape index (κ3) is 4.12. The van der Waals surface area contributed by atoms with Gasteiger partial charge in [-0.25, -0.2) is 4.39 Å². The molecule has 0 N–H and O–H groups in total. The van der Waals surface area contributed by atoms with Gasteiger partial charge in [0.05, 0.1) is 4.91 Å². The molecule has 0 aliphatic carbocycles. The van der Waals surface area contributed by atoms with E-state index >= 15 is 0 Å². The fraction of sp³-hybridized carbons (Fsp3) is 0.214. The molecule has 7 heteroatoms. The number of benzene rings is 1. The van der Waals surface area contributed by atoms with Crippen LogP contribution in [0.1, 0.15) is 18.4 Å². The molecule has 4 nitrogen and oxygen atoms in total. The van der Waals surface area contributed by atoms with E-state index in [0.29, 0.717) is 21.2 Å². The molecule has 0 radical (unpaired) electrons. The van der Waals surface area contributed by atoms with Gasteiger partial charge in [-0.2, -0.15) is 0 Å². The predicted octanol–water partition coefficient (Wildman–Crippen LogP) is 1.56. The van der Waals surface area contributed by atoms with Crippen LogP contribution in [0.15, 0.2) is 29.2 Å². The van der Waals surface area contributed by atoms with Gasteiger partial charge in [0.1, 0.15) is 10.1 Å². The van der Waals surface area contributed by atoms with Gasteiger partial charge in [0.25, 0.3) is 5.91 Å². The van der Waals surface area contributed by atoms with Crippen molar-refractivity contribution in [2.75, 3.05) is 6.54 Å². The Balaban J connectivity index is 2.06. The highest BCUT2D eigenvalue weighted by atomic mass is 32.2. The second kappa shape index (κ2) is 6.82. The Kier molecular flexibility index (Phi) is 5.08. The smallest absolute Gasteiger partial charge is 0.266 e. The Labute approximate surface area is 130 Å². The van der Waals surface area contributed by atoms with E-state index < -0.39 is 5.97 Å². The van der Waals surface area contributed by atoms with Crippen molar-refractivity contribution in [3.05, 3.63) is 40.6 Å². The first-order valence-electron chi connectivity index (χ1n) is 6.18. The highest BCUT2D eigenvalue weighted by molar-refractivity contribution is 8.26. The van der Waals surface area contributed by atoms with Crippen LogP contribution in [0.5, 0.6) is 0 Å². The molecule has 21 heavy (non-hydrogen) atoms. The van der Waals surface area contributed by atoms with Crippen molar-refractivity contribution in [2.24, 2.45) is 0 Å². The molecule has 1 aliphatic rings. The van der Waals surface area contributed by atoms with E-state index in [4.69, 9.17) is 12.2 Å². The lowest BCUT2D eigenvalue weighted by Crippen LogP contribution is -2.30. The van der Waals surface area contributed by atoms with Gasteiger partial charge >= 0.3 is 0 Å². The number of thioether (sulfide) groups is 1. The Bertz CT molecular complexity index is 613. The van der Waals surface area contributed by atoms with Gasteiger partial charge in [0.15, 0.2) is 0 Å². The minimum atomic E-state index is -1.15. The van der Waals surface area contributed by atoms with E-state index in [-0.39, 0.29) is 24.7 Å². The van der Waals surface area contributed by atoms with Crippen LogP contribution in [-0.4, -0.2) is 27.6 Å². The second-order valence-corrected chi connectivity index (χ2v) is 6.04. The van der Waals surface area contributed by atoms with Crippen molar-refractivity contribution < 1.29 is 19.1 Å². The number of rotatable bonds is 5. The first kappa shape index (κ1) is 15.7. The lowest BCUT2D eigenvalue weighted by Gasteiger charge is -2.14. The van der Waals surface area contributed by atoms with E-state index in [0.717, 1.165) is 11.8 Å². The third-order valence-corrected chi connectivity index (χ3v) is 4.18. The number of carboxylic acid groups (broad SMARTS) is 1. The number of aliphatic carboxylic acids is 1. The monoisotopic (exact) mass is 324 g/mol. The van der Waals surface area contributed by atoms with Crippen LogP contribution in [0, 0.1) is 5.82 Å². The Hall–Kier alpha value is -1.73. The number of halogens is 1. The quantitative estimate of drug-likeness (QED) is 0.608. The minimum Gasteiger partial charge on any atom is -0.550 e.